The summed E-state index contributed by atoms with van der Waals surface area (Å²) >= 11 is 0. The molecule has 0 spiro atoms. The van der Waals surface area contributed by atoms with Crippen molar-refractivity contribution in [1.82, 2.24) is 10.2 Å². The molecule has 2 heteroatoms. The van der Waals surface area contributed by atoms with Crippen LogP contribution in [0.2, 0.25) is 0 Å². The molecule has 1 aliphatic carbocycles. The van der Waals surface area contributed by atoms with Crippen molar-refractivity contribution in [1.29, 1.82) is 0 Å². The number of hydrogen-bond acceptors (Lipinski definition) is 2. The van der Waals surface area contributed by atoms with Crippen molar-refractivity contribution in [3.8, 4) is 0 Å². The van der Waals surface area contributed by atoms with Gasteiger partial charge in [0.1, 0.15) is 0 Å². The third-order valence-corrected chi connectivity index (χ3v) is 4.90. The van der Waals surface area contributed by atoms with Gasteiger partial charge in [0.05, 0.1) is 0 Å². The van der Waals surface area contributed by atoms with Gasteiger partial charge in [-0.3, -0.25) is 0 Å². The Morgan fingerprint density at radius 3 is 2.50 bits per heavy atom. The highest BCUT2D eigenvalue weighted by atomic mass is 15.1. The minimum Gasteiger partial charge on any atom is -0.314 e. The van der Waals surface area contributed by atoms with Gasteiger partial charge in [-0.05, 0) is 70.1 Å². The molecular weight excluding hydrogens is 220 g/mol. The molecule has 0 aromatic rings. The van der Waals surface area contributed by atoms with Gasteiger partial charge in [-0.25, -0.2) is 0 Å². The van der Waals surface area contributed by atoms with Gasteiger partial charge >= 0.3 is 0 Å². The SMILES string of the molecule is CC1CCN(CCCNC2CCCC(C)C2)CC1. The zero-order valence-corrected chi connectivity index (χ0v) is 12.5. The van der Waals surface area contributed by atoms with E-state index in [0.29, 0.717) is 0 Å². The zero-order chi connectivity index (χ0) is 12.8. The maximum Gasteiger partial charge on any atom is 0.00696 e. The van der Waals surface area contributed by atoms with Crippen LogP contribution in [0.15, 0.2) is 0 Å². The molecule has 0 bridgehead atoms. The summed E-state index contributed by atoms with van der Waals surface area (Å²) in [6.07, 6.45) is 9.85. The van der Waals surface area contributed by atoms with Crippen LogP contribution in [-0.4, -0.2) is 37.1 Å². The standard InChI is InChI=1S/C16H32N2/c1-14-7-11-18(12-8-14)10-4-9-17-16-6-3-5-15(2)13-16/h14-17H,3-13H2,1-2H3. The molecule has 0 amide bonds. The number of nitrogens with zero attached hydrogens (tertiary/aromatic N) is 1. The van der Waals surface area contributed by atoms with Crippen LogP contribution in [0.4, 0.5) is 0 Å². The molecule has 106 valence electrons. The van der Waals surface area contributed by atoms with E-state index in [1.54, 1.807) is 0 Å². The van der Waals surface area contributed by atoms with Crippen molar-refractivity contribution in [2.45, 2.75) is 64.8 Å². The smallest absolute Gasteiger partial charge is 0.00696 e. The van der Waals surface area contributed by atoms with Gasteiger partial charge in [0.25, 0.3) is 0 Å². The van der Waals surface area contributed by atoms with Crippen LogP contribution < -0.4 is 5.32 Å². The van der Waals surface area contributed by atoms with E-state index in [4.69, 9.17) is 0 Å². The fourth-order valence-electron chi connectivity index (χ4n) is 3.51. The molecule has 2 fully saturated rings. The Labute approximate surface area is 114 Å². The van der Waals surface area contributed by atoms with E-state index in [0.717, 1.165) is 17.9 Å². The van der Waals surface area contributed by atoms with Crippen LogP contribution in [0.3, 0.4) is 0 Å². The molecule has 0 aromatic carbocycles. The summed E-state index contributed by atoms with van der Waals surface area (Å²) < 4.78 is 0. The van der Waals surface area contributed by atoms with Gasteiger partial charge in [-0.1, -0.05) is 26.7 Å². The summed E-state index contributed by atoms with van der Waals surface area (Å²) in [5, 5.41) is 3.77. The summed E-state index contributed by atoms with van der Waals surface area (Å²) in [6.45, 7) is 10.0. The van der Waals surface area contributed by atoms with Crippen LogP contribution in [0.5, 0.6) is 0 Å². The first kappa shape index (κ1) is 14.3. The van der Waals surface area contributed by atoms with Gasteiger partial charge in [0, 0.05) is 6.04 Å². The van der Waals surface area contributed by atoms with E-state index in [2.05, 4.69) is 24.1 Å². The molecule has 18 heavy (non-hydrogen) atoms. The van der Waals surface area contributed by atoms with Crippen LogP contribution in [0.25, 0.3) is 0 Å². The molecule has 2 aliphatic rings. The second-order valence-electron chi connectivity index (χ2n) is 6.80. The van der Waals surface area contributed by atoms with Crippen LogP contribution in [0.1, 0.15) is 58.8 Å². The summed E-state index contributed by atoms with van der Waals surface area (Å²) in [4.78, 5) is 2.66. The van der Waals surface area contributed by atoms with Gasteiger partial charge in [-0.15, -0.1) is 0 Å². The molecule has 1 saturated heterocycles. The minimum atomic E-state index is 0.815. The maximum absolute atomic E-state index is 3.77. The average Bonchev–Trinajstić information content (AvgIpc) is 2.37. The number of likely N-dealkylation sites (tertiary alicyclic amines) is 1. The second kappa shape index (κ2) is 7.49. The van der Waals surface area contributed by atoms with E-state index in [1.165, 1.54) is 71.1 Å². The fourth-order valence-corrected chi connectivity index (χ4v) is 3.51. The molecule has 1 heterocycles. The second-order valence-corrected chi connectivity index (χ2v) is 6.80. The molecule has 2 unspecified atom stereocenters. The highest BCUT2D eigenvalue weighted by Crippen LogP contribution is 2.23. The molecule has 2 rings (SSSR count). The van der Waals surface area contributed by atoms with Gasteiger partial charge in [0.15, 0.2) is 0 Å². The third-order valence-electron chi connectivity index (χ3n) is 4.90. The number of rotatable bonds is 5. The van der Waals surface area contributed by atoms with Gasteiger partial charge in [0.2, 0.25) is 0 Å². The first-order valence-electron chi connectivity index (χ1n) is 8.20. The molecule has 2 atom stereocenters. The summed E-state index contributed by atoms with van der Waals surface area (Å²) in [7, 11) is 0. The molecular formula is C16H32N2. The highest BCUT2D eigenvalue weighted by Gasteiger charge is 2.18. The number of nitrogens with one attached hydrogen (secondary N) is 1. The predicted octanol–water partition coefficient (Wildman–Crippen LogP) is 3.28. The molecule has 2 nitrogen and oxygen atoms in total. The van der Waals surface area contributed by atoms with E-state index in [1.807, 2.05) is 0 Å². The summed E-state index contributed by atoms with van der Waals surface area (Å²) in [6, 6.07) is 0.815. The van der Waals surface area contributed by atoms with Crippen LogP contribution >= 0.6 is 0 Å². The Bertz CT molecular complexity index is 221. The maximum atomic E-state index is 3.77. The quantitative estimate of drug-likeness (QED) is 0.755. The lowest BCUT2D eigenvalue weighted by Crippen LogP contribution is -2.37. The number of piperidine rings is 1. The topological polar surface area (TPSA) is 15.3 Å². The van der Waals surface area contributed by atoms with Gasteiger partial charge in [-0.2, -0.15) is 0 Å². The van der Waals surface area contributed by atoms with E-state index < -0.39 is 0 Å². The van der Waals surface area contributed by atoms with Crippen LogP contribution in [-0.2, 0) is 0 Å². The monoisotopic (exact) mass is 252 g/mol. The predicted molar refractivity (Wildman–Crippen MR) is 78.9 cm³/mol. The normalized spacial score (nSPS) is 31.7. The molecule has 1 N–H and O–H groups in total. The lowest BCUT2D eigenvalue weighted by molar-refractivity contribution is 0.188. The van der Waals surface area contributed by atoms with Crippen molar-refractivity contribution in [2.75, 3.05) is 26.2 Å². The lowest BCUT2D eigenvalue weighted by atomic mass is 9.87. The molecule has 1 aliphatic heterocycles. The highest BCUT2D eigenvalue weighted by molar-refractivity contribution is 4.76. The summed E-state index contributed by atoms with van der Waals surface area (Å²) in [5.74, 6) is 1.91. The van der Waals surface area contributed by atoms with Crippen molar-refractivity contribution in [2.24, 2.45) is 11.8 Å². The lowest BCUT2D eigenvalue weighted by Gasteiger charge is -2.31. The molecule has 1 saturated carbocycles. The fraction of sp³-hybridized carbons (Fsp3) is 1.00. The van der Waals surface area contributed by atoms with Crippen molar-refractivity contribution in [3.05, 3.63) is 0 Å². The zero-order valence-electron chi connectivity index (χ0n) is 12.5. The van der Waals surface area contributed by atoms with E-state index in [-0.39, 0.29) is 0 Å². The van der Waals surface area contributed by atoms with Gasteiger partial charge < -0.3 is 10.2 Å². The van der Waals surface area contributed by atoms with Crippen LogP contribution in [0, 0.1) is 11.8 Å². The van der Waals surface area contributed by atoms with E-state index in [9.17, 15) is 0 Å². The first-order chi connectivity index (χ1) is 8.74. The minimum absolute atomic E-state index is 0.815. The Kier molecular flexibility index (Phi) is 5.97. The largest absolute Gasteiger partial charge is 0.314 e. The average molecular weight is 252 g/mol. The van der Waals surface area contributed by atoms with Crippen molar-refractivity contribution in [3.63, 3.8) is 0 Å². The van der Waals surface area contributed by atoms with E-state index >= 15 is 0 Å². The Balaban J connectivity index is 1.50. The Morgan fingerprint density at radius 2 is 1.78 bits per heavy atom. The first-order valence-corrected chi connectivity index (χ1v) is 8.20. The number of hydrogen-bond donors (Lipinski definition) is 1. The van der Waals surface area contributed by atoms with Crippen molar-refractivity contribution >= 4 is 0 Å². The third kappa shape index (κ3) is 4.89. The Morgan fingerprint density at radius 1 is 1.00 bits per heavy atom. The Hall–Kier alpha value is -0.0800. The van der Waals surface area contributed by atoms with Crippen molar-refractivity contribution < 1.29 is 0 Å². The molecule has 0 radical (unpaired) electrons. The summed E-state index contributed by atoms with van der Waals surface area (Å²) in [5.41, 5.74) is 0. The molecule has 0 aromatic heterocycles.